The number of nitriles is 1. The molecule has 1 aromatic heterocycles. The number of aromatic nitrogens is 1. The summed E-state index contributed by atoms with van der Waals surface area (Å²) in [5, 5.41) is 12.5. The number of nitrogens with zero attached hydrogens (tertiary/aromatic N) is 3. The van der Waals surface area contributed by atoms with Crippen molar-refractivity contribution in [2.45, 2.75) is 44.6 Å². The number of pyridine rings is 1. The van der Waals surface area contributed by atoms with Crippen LogP contribution < -0.4 is 5.32 Å². The SMILES string of the molecule is N#Cc1ccncc1N[C@H]1CC[C@@H](C(=O)N2CCCCC2)C1. The van der Waals surface area contributed by atoms with Crippen molar-refractivity contribution in [3.8, 4) is 6.07 Å². The molecular weight excluding hydrogens is 276 g/mol. The molecular formula is C17H22N4O. The molecule has 1 amide bonds. The number of carbonyl (C=O) groups is 1. The Kier molecular flexibility index (Phi) is 4.57. The van der Waals surface area contributed by atoms with Crippen LogP contribution in [0.3, 0.4) is 0 Å². The molecule has 3 rings (SSSR count). The van der Waals surface area contributed by atoms with E-state index < -0.39 is 0 Å². The number of anilines is 1. The first kappa shape index (κ1) is 14.8. The number of amides is 1. The first-order chi connectivity index (χ1) is 10.8. The Morgan fingerprint density at radius 2 is 2.14 bits per heavy atom. The molecule has 1 aromatic rings. The highest BCUT2D eigenvalue weighted by atomic mass is 16.2. The third kappa shape index (κ3) is 3.22. The third-order valence-electron chi connectivity index (χ3n) is 4.75. The molecule has 5 heteroatoms. The van der Waals surface area contributed by atoms with Gasteiger partial charge in [-0.1, -0.05) is 0 Å². The first-order valence-corrected chi connectivity index (χ1v) is 8.17. The van der Waals surface area contributed by atoms with Gasteiger partial charge in [0, 0.05) is 31.2 Å². The lowest BCUT2D eigenvalue weighted by Gasteiger charge is -2.29. The summed E-state index contributed by atoms with van der Waals surface area (Å²) in [6.45, 7) is 1.85. The fourth-order valence-electron chi connectivity index (χ4n) is 3.54. The van der Waals surface area contributed by atoms with Gasteiger partial charge in [0.25, 0.3) is 0 Å². The minimum Gasteiger partial charge on any atom is -0.380 e. The molecule has 0 unspecified atom stereocenters. The Balaban J connectivity index is 1.58. The van der Waals surface area contributed by atoms with Gasteiger partial charge in [-0.05, 0) is 44.6 Å². The molecule has 0 aromatic carbocycles. The summed E-state index contributed by atoms with van der Waals surface area (Å²) in [7, 11) is 0. The van der Waals surface area contributed by atoms with Crippen molar-refractivity contribution >= 4 is 11.6 Å². The van der Waals surface area contributed by atoms with E-state index in [2.05, 4.69) is 16.4 Å². The predicted molar refractivity (Wildman–Crippen MR) is 84.1 cm³/mol. The van der Waals surface area contributed by atoms with Gasteiger partial charge in [-0.3, -0.25) is 9.78 Å². The van der Waals surface area contributed by atoms with E-state index in [0.717, 1.165) is 50.9 Å². The zero-order chi connectivity index (χ0) is 15.4. The van der Waals surface area contributed by atoms with Gasteiger partial charge < -0.3 is 10.2 Å². The first-order valence-electron chi connectivity index (χ1n) is 8.17. The lowest BCUT2D eigenvalue weighted by Crippen LogP contribution is -2.39. The van der Waals surface area contributed by atoms with Gasteiger partial charge >= 0.3 is 0 Å². The number of hydrogen-bond acceptors (Lipinski definition) is 4. The van der Waals surface area contributed by atoms with Crippen LogP contribution in [0.4, 0.5) is 5.69 Å². The highest BCUT2D eigenvalue weighted by Gasteiger charge is 2.33. The van der Waals surface area contributed by atoms with Crippen LogP contribution in [0.2, 0.25) is 0 Å². The Morgan fingerprint density at radius 3 is 2.91 bits per heavy atom. The normalized spacial score (nSPS) is 24.8. The summed E-state index contributed by atoms with van der Waals surface area (Å²) in [5.74, 6) is 0.466. The van der Waals surface area contributed by atoms with Crippen LogP contribution in [0.15, 0.2) is 18.5 Å². The van der Waals surface area contributed by atoms with E-state index in [1.54, 1.807) is 18.5 Å². The smallest absolute Gasteiger partial charge is 0.225 e. The van der Waals surface area contributed by atoms with Crippen molar-refractivity contribution < 1.29 is 4.79 Å². The maximum Gasteiger partial charge on any atom is 0.225 e. The van der Waals surface area contributed by atoms with Gasteiger partial charge in [0.2, 0.25) is 5.91 Å². The van der Waals surface area contributed by atoms with Crippen LogP contribution >= 0.6 is 0 Å². The molecule has 1 aliphatic heterocycles. The second-order valence-corrected chi connectivity index (χ2v) is 6.27. The zero-order valence-electron chi connectivity index (χ0n) is 12.8. The molecule has 1 saturated carbocycles. The molecule has 2 fully saturated rings. The fourth-order valence-corrected chi connectivity index (χ4v) is 3.54. The maximum absolute atomic E-state index is 12.6. The summed E-state index contributed by atoms with van der Waals surface area (Å²) in [6.07, 6.45) is 9.62. The molecule has 1 N–H and O–H groups in total. The quantitative estimate of drug-likeness (QED) is 0.931. The number of nitrogens with one attached hydrogen (secondary N) is 1. The molecule has 22 heavy (non-hydrogen) atoms. The van der Waals surface area contributed by atoms with Gasteiger partial charge in [-0.2, -0.15) is 5.26 Å². The number of piperidine rings is 1. The Hall–Kier alpha value is -2.09. The van der Waals surface area contributed by atoms with Gasteiger partial charge in [-0.25, -0.2) is 0 Å². The lowest BCUT2D eigenvalue weighted by atomic mass is 10.0. The van der Waals surface area contributed by atoms with Gasteiger partial charge in [0.1, 0.15) is 6.07 Å². The largest absolute Gasteiger partial charge is 0.380 e. The number of carbonyl (C=O) groups excluding carboxylic acids is 1. The van der Waals surface area contributed by atoms with Crippen molar-refractivity contribution in [3.05, 3.63) is 24.0 Å². The zero-order valence-corrected chi connectivity index (χ0v) is 12.8. The lowest BCUT2D eigenvalue weighted by molar-refractivity contribution is -0.136. The molecule has 2 heterocycles. The average Bonchev–Trinajstić information content (AvgIpc) is 3.04. The van der Waals surface area contributed by atoms with Gasteiger partial charge in [0.05, 0.1) is 17.4 Å². The summed E-state index contributed by atoms with van der Waals surface area (Å²) < 4.78 is 0. The monoisotopic (exact) mass is 298 g/mol. The van der Waals surface area contributed by atoms with Crippen molar-refractivity contribution in [2.24, 2.45) is 5.92 Å². The number of hydrogen-bond donors (Lipinski definition) is 1. The predicted octanol–water partition coefficient (Wildman–Crippen LogP) is 2.55. The molecule has 0 radical (unpaired) electrons. The fraction of sp³-hybridized carbons (Fsp3) is 0.588. The summed E-state index contributed by atoms with van der Waals surface area (Å²) in [5.41, 5.74) is 1.39. The Bertz CT molecular complexity index is 574. The molecule has 5 nitrogen and oxygen atoms in total. The van der Waals surface area contributed by atoms with Crippen LogP contribution in [0.25, 0.3) is 0 Å². The van der Waals surface area contributed by atoms with E-state index in [-0.39, 0.29) is 12.0 Å². The molecule has 1 aliphatic carbocycles. The second kappa shape index (κ2) is 6.78. The van der Waals surface area contributed by atoms with Crippen molar-refractivity contribution in [2.75, 3.05) is 18.4 Å². The van der Waals surface area contributed by atoms with E-state index in [1.165, 1.54) is 6.42 Å². The van der Waals surface area contributed by atoms with E-state index in [1.807, 2.05) is 4.90 Å². The Morgan fingerprint density at radius 1 is 1.32 bits per heavy atom. The molecule has 1 saturated heterocycles. The van der Waals surface area contributed by atoms with Crippen LogP contribution in [-0.2, 0) is 4.79 Å². The Labute approximate surface area is 131 Å². The van der Waals surface area contributed by atoms with Gasteiger partial charge in [-0.15, -0.1) is 0 Å². The molecule has 2 aliphatic rings. The highest BCUT2D eigenvalue weighted by molar-refractivity contribution is 5.79. The molecule has 116 valence electrons. The molecule has 2 atom stereocenters. The van der Waals surface area contributed by atoms with Crippen LogP contribution in [0, 0.1) is 17.2 Å². The van der Waals surface area contributed by atoms with Crippen LogP contribution in [-0.4, -0.2) is 34.9 Å². The summed E-state index contributed by atoms with van der Waals surface area (Å²) in [4.78, 5) is 18.7. The minimum absolute atomic E-state index is 0.137. The van der Waals surface area contributed by atoms with E-state index in [4.69, 9.17) is 5.26 Å². The van der Waals surface area contributed by atoms with E-state index in [9.17, 15) is 4.79 Å². The topological polar surface area (TPSA) is 69.0 Å². The third-order valence-corrected chi connectivity index (χ3v) is 4.75. The van der Waals surface area contributed by atoms with Crippen molar-refractivity contribution in [3.63, 3.8) is 0 Å². The molecule has 0 spiro atoms. The van der Waals surface area contributed by atoms with E-state index in [0.29, 0.717) is 11.5 Å². The standard InChI is InChI=1S/C17H22N4O/c18-11-14-6-7-19-12-16(14)20-15-5-4-13(10-15)17(22)21-8-2-1-3-9-21/h6-7,12-13,15,20H,1-5,8-10H2/t13-,15+/m1/s1. The number of likely N-dealkylation sites (tertiary alicyclic amines) is 1. The van der Waals surface area contributed by atoms with E-state index >= 15 is 0 Å². The number of rotatable bonds is 3. The van der Waals surface area contributed by atoms with Crippen LogP contribution in [0.1, 0.15) is 44.1 Å². The highest BCUT2D eigenvalue weighted by Crippen LogP contribution is 2.31. The summed E-state index contributed by atoms with van der Waals surface area (Å²) >= 11 is 0. The maximum atomic E-state index is 12.6. The summed E-state index contributed by atoms with van der Waals surface area (Å²) in [6, 6.07) is 4.15. The molecule has 0 bridgehead atoms. The van der Waals surface area contributed by atoms with Crippen molar-refractivity contribution in [1.29, 1.82) is 5.26 Å². The second-order valence-electron chi connectivity index (χ2n) is 6.27. The van der Waals surface area contributed by atoms with Gasteiger partial charge in [0.15, 0.2) is 0 Å². The van der Waals surface area contributed by atoms with Crippen molar-refractivity contribution in [1.82, 2.24) is 9.88 Å². The van der Waals surface area contributed by atoms with Crippen LogP contribution in [0.5, 0.6) is 0 Å². The average molecular weight is 298 g/mol. The minimum atomic E-state index is 0.137.